The van der Waals surface area contributed by atoms with Gasteiger partial charge < -0.3 is 9.47 Å². The number of ether oxygens (including phenoxy) is 2. The summed E-state index contributed by atoms with van der Waals surface area (Å²) in [5, 5.41) is 0. The minimum absolute atomic E-state index is 0.152. The molecule has 0 radical (unpaired) electrons. The molecule has 0 aromatic heterocycles. The molecule has 0 saturated carbocycles. The van der Waals surface area contributed by atoms with Crippen LogP contribution in [-0.4, -0.2) is 32.6 Å². The van der Waals surface area contributed by atoms with Crippen molar-refractivity contribution < 1.29 is 17.9 Å². The van der Waals surface area contributed by atoms with Gasteiger partial charge in [-0.2, -0.15) is 4.31 Å². The fraction of sp³-hybridized carbons (Fsp3) is 0.500. The summed E-state index contributed by atoms with van der Waals surface area (Å²) in [6, 6.07) is 4.77. The fourth-order valence-corrected chi connectivity index (χ4v) is 3.89. The molecule has 0 bridgehead atoms. The molecule has 1 unspecified atom stereocenters. The van der Waals surface area contributed by atoms with Crippen LogP contribution in [0.3, 0.4) is 0 Å². The van der Waals surface area contributed by atoms with Crippen LogP contribution in [0, 0.1) is 5.92 Å². The van der Waals surface area contributed by atoms with Crippen molar-refractivity contribution in [2.75, 3.05) is 19.9 Å². The first-order chi connectivity index (χ1) is 8.57. The molecule has 0 amide bonds. The second kappa shape index (κ2) is 4.13. The normalized spacial score (nSPS) is 23.5. The van der Waals surface area contributed by atoms with Crippen molar-refractivity contribution >= 4 is 10.0 Å². The summed E-state index contributed by atoms with van der Waals surface area (Å²) >= 11 is 0. The van der Waals surface area contributed by atoms with E-state index in [9.17, 15) is 8.42 Å². The third kappa shape index (κ3) is 1.85. The first-order valence-corrected chi connectivity index (χ1v) is 7.41. The van der Waals surface area contributed by atoms with Crippen molar-refractivity contribution in [1.29, 1.82) is 0 Å². The highest BCUT2D eigenvalue weighted by molar-refractivity contribution is 7.89. The minimum Gasteiger partial charge on any atom is -0.454 e. The van der Waals surface area contributed by atoms with E-state index in [1.54, 1.807) is 18.2 Å². The molecule has 1 aromatic rings. The number of rotatable bonds is 2. The maximum atomic E-state index is 12.4. The SMILES string of the molecule is CC1CCN(S(=O)(=O)c2ccc3c(c2)OCO3)C1. The Kier molecular flexibility index (Phi) is 2.71. The lowest BCUT2D eigenvalue weighted by Crippen LogP contribution is -2.28. The largest absolute Gasteiger partial charge is 0.454 e. The van der Waals surface area contributed by atoms with Gasteiger partial charge in [-0.05, 0) is 24.5 Å². The van der Waals surface area contributed by atoms with Crippen LogP contribution in [0.25, 0.3) is 0 Å². The first kappa shape index (κ1) is 11.8. The Morgan fingerprint density at radius 2 is 2.06 bits per heavy atom. The molecule has 2 aliphatic heterocycles. The highest BCUT2D eigenvalue weighted by atomic mass is 32.2. The monoisotopic (exact) mass is 269 g/mol. The van der Waals surface area contributed by atoms with Crippen molar-refractivity contribution in [2.45, 2.75) is 18.2 Å². The van der Waals surface area contributed by atoms with Gasteiger partial charge in [-0.25, -0.2) is 8.42 Å². The quantitative estimate of drug-likeness (QED) is 0.815. The Hall–Kier alpha value is -1.27. The summed E-state index contributed by atoms with van der Waals surface area (Å²) < 4.78 is 36.7. The smallest absolute Gasteiger partial charge is 0.243 e. The van der Waals surface area contributed by atoms with Gasteiger partial charge in [0.25, 0.3) is 0 Å². The maximum Gasteiger partial charge on any atom is 0.243 e. The van der Waals surface area contributed by atoms with E-state index in [-0.39, 0.29) is 11.7 Å². The van der Waals surface area contributed by atoms with E-state index in [0.29, 0.717) is 30.5 Å². The number of fused-ring (bicyclic) bond motifs is 1. The average molecular weight is 269 g/mol. The van der Waals surface area contributed by atoms with Crippen LogP contribution in [0.2, 0.25) is 0 Å². The molecule has 3 rings (SSSR count). The van der Waals surface area contributed by atoms with E-state index in [1.165, 1.54) is 4.31 Å². The molecule has 6 heteroatoms. The summed E-state index contributed by atoms with van der Waals surface area (Å²) in [4.78, 5) is 0.279. The molecule has 0 aliphatic carbocycles. The third-order valence-corrected chi connectivity index (χ3v) is 5.23. The maximum absolute atomic E-state index is 12.4. The van der Waals surface area contributed by atoms with Gasteiger partial charge in [-0.1, -0.05) is 6.92 Å². The second-order valence-electron chi connectivity index (χ2n) is 4.77. The molecular weight excluding hydrogens is 254 g/mol. The van der Waals surface area contributed by atoms with Gasteiger partial charge in [-0.3, -0.25) is 0 Å². The van der Waals surface area contributed by atoms with Crippen LogP contribution in [0.1, 0.15) is 13.3 Å². The van der Waals surface area contributed by atoms with Gasteiger partial charge in [0.05, 0.1) is 4.90 Å². The summed E-state index contributed by atoms with van der Waals surface area (Å²) in [5.74, 6) is 1.53. The van der Waals surface area contributed by atoms with Crippen LogP contribution in [0.5, 0.6) is 11.5 Å². The highest BCUT2D eigenvalue weighted by Crippen LogP contribution is 2.35. The zero-order valence-corrected chi connectivity index (χ0v) is 10.9. The number of nitrogens with zero attached hydrogens (tertiary/aromatic N) is 1. The Morgan fingerprint density at radius 3 is 2.78 bits per heavy atom. The Labute approximate surface area is 106 Å². The molecule has 0 spiro atoms. The lowest BCUT2D eigenvalue weighted by atomic mass is 10.2. The molecular formula is C12H15NO4S. The van der Waals surface area contributed by atoms with Crippen molar-refractivity contribution in [1.82, 2.24) is 4.31 Å². The molecule has 0 N–H and O–H groups in total. The molecule has 18 heavy (non-hydrogen) atoms. The molecule has 2 aliphatic rings. The Morgan fingerprint density at radius 1 is 1.28 bits per heavy atom. The molecule has 2 heterocycles. The van der Waals surface area contributed by atoms with Gasteiger partial charge in [0.2, 0.25) is 16.8 Å². The third-order valence-electron chi connectivity index (χ3n) is 3.37. The summed E-state index contributed by atoms with van der Waals surface area (Å²) in [6.07, 6.45) is 0.920. The standard InChI is InChI=1S/C12H15NO4S/c1-9-4-5-13(7-9)18(14,15)10-2-3-11-12(6-10)17-8-16-11/h2-3,6,9H,4-5,7-8H2,1H3. The van der Waals surface area contributed by atoms with Gasteiger partial charge in [0.1, 0.15) is 0 Å². The second-order valence-corrected chi connectivity index (χ2v) is 6.71. The molecule has 5 nitrogen and oxygen atoms in total. The van der Waals surface area contributed by atoms with Crippen LogP contribution in [-0.2, 0) is 10.0 Å². The number of hydrogen-bond acceptors (Lipinski definition) is 4. The van der Waals surface area contributed by atoms with Crippen molar-refractivity contribution in [3.63, 3.8) is 0 Å². The summed E-state index contributed by atoms with van der Waals surface area (Å²) in [5.41, 5.74) is 0. The zero-order valence-electron chi connectivity index (χ0n) is 10.1. The first-order valence-electron chi connectivity index (χ1n) is 5.97. The number of hydrogen-bond donors (Lipinski definition) is 0. The van der Waals surface area contributed by atoms with Gasteiger partial charge in [-0.15, -0.1) is 0 Å². The lowest BCUT2D eigenvalue weighted by molar-refractivity contribution is 0.174. The van der Waals surface area contributed by atoms with Crippen molar-refractivity contribution in [3.8, 4) is 11.5 Å². The molecule has 98 valence electrons. The van der Waals surface area contributed by atoms with E-state index >= 15 is 0 Å². The molecule has 1 fully saturated rings. The van der Waals surface area contributed by atoms with E-state index < -0.39 is 10.0 Å². The lowest BCUT2D eigenvalue weighted by Gasteiger charge is -2.16. The van der Waals surface area contributed by atoms with Crippen LogP contribution < -0.4 is 9.47 Å². The fourth-order valence-electron chi connectivity index (χ4n) is 2.30. The summed E-state index contributed by atoms with van der Waals surface area (Å²) in [6.45, 7) is 3.41. The predicted molar refractivity (Wildman–Crippen MR) is 65.1 cm³/mol. The van der Waals surface area contributed by atoms with E-state index in [1.807, 2.05) is 0 Å². The number of sulfonamides is 1. The molecule has 1 atom stereocenters. The van der Waals surface area contributed by atoms with E-state index in [4.69, 9.17) is 9.47 Å². The zero-order chi connectivity index (χ0) is 12.8. The summed E-state index contributed by atoms with van der Waals surface area (Å²) in [7, 11) is -3.40. The average Bonchev–Trinajstić information content (AvgIpc) is 2.96. The van der Waals surface area contributed by atoms with Gasteiger partial charge in [0.15, 0.2) is 11.5 Å². The van der Waals surface area contributed by atoms with E-state index in [2.05, 4.69) is 6.92 Å². The Balaban J connectivity index is 1.94. The van der Waals surface area contributed by atoms with Crippen LogP contribution in [0.15, 0.2) is 23.1 Å². The Bertz CT molecular complexity index is 569. The molecule has 1 saturated heterocycles. The molecule has 1 aromatic carbocycles. The van der Waals surface area contributed by atoms with Crippen LogP contribution in [0.4, 0.5) is 0 Å². The topological polar surface area (TPSA) is 55.8 Å². The van der Waals surface area contributed by atoms with E-state index in [0.717, 1.165) is 6.42 Å². The van der Waals surface area contributed by atoms with Crippen molar-refractivity contribution in [3.05, 3.63) is 18.2 Å². The van der Waals surface area contributed by atoms with Crippen LogP contribution >= 0.6 is 0 Å². The van der Waals surface area contributed by atoms with Gasteiger partial charge in [0, 0.05) is 19.2 Å². The predicted octanol–water partition coefficient (Wildman–Crippen LogP) is 1.45. The van der Waals surface area contributed by atoms with Crippen molar-refractivity contribution in [2.24, 2.45) is 5.92 Å². The highest BCUT2D eigenvalue weighted by Gasteiger charge is 2.31. The number of benzene rings is 1. The minimum atomic E-state index is -3.40. The van der Waals surface area contributed by atoms with Gasteiger partial charge >= 0.3 is 0 Å².